The van der Waals surface area contributed by atoms with Crippen LogP contribution in [0.3, 0.4) is 0 Å². The second-order valence-electron chi connectivity index (χ2n) is 9.24. The minimum Gasteiger partial charge on any atom is -0.323 e. The molecule has 0 unspecified atom stereocenters. The van der Waals surface area contributed by atoms with Gasteiger partial charge in [-0.3, -0.25) is 14.6 Å². The molecule has 0 saturated carbocycles. The number of aromatic nitrogens is 6. The minimum absolute atomic E-state index is 0.355. The van der Waals surface area contributed by atoms with Gasteiger partial charge in [-0.1, -0.05) is 13.8 Å². The molecule has 0 aromatic carbocycles. The molecule has 188 valence electrons. The molecule has 1 N–H and O–H groups in total. The van der Waals surface area contributed by atoms with Crippen molar-refractivity contribution in [1.82, 2.24) is 34.8 Å². The molecule has 9 nitrogen and oxygen atoms in total. The number of halogens is 2. The number of hydrogen-bond donors (Lipinski definition) is 1. The summed E-state index contributed by atoms with van der Waals surface area (Å²) in [5, 5.41) is 15.9. The van der Waals surface area contributed by atoms with Gasteiger partial charge in [0.05, 0.1) is 29.5 Å². The Hall–Kier alpha value is -3.57. The van der Waals surface area contributed by atoms with Crippen LogP contribution in [0.2, 0.25) is 0 Å². The number of anilines is 2. The Morgan fingerprint density at radius 2 is 1.89 bits per heavy atom. The molecule has 5 heterocycles. The molecule has 0 amide bonds. The Morgan fingerprint density at radius 1 is 1.03 bits per heavy atom. The summed E-state index contributed by atoms with van der Waals surface area (Å²) in [6, 6.07) is 7.76. The number of nitrogens with one attached hydrogen (secondary N) is 1. The van der Waals surface area contributed by atoms with E-state index in [9.17, 15) is 8.78 Å². The predicted octanol–water partition coefficient (Wildman–Crippen LogP) is 4.46. The highest BCUT2D eigenvalue weighted by atomic mass is 19.3. The van der Waals surface area contributed by atoms with Crippen molar-refractivity contribution in [3.8, 4) is 11.1 Å². The van der Waals surface area contributed by atoms with Gasteiger partial charge in [-0.25, -0.2) is 4.98 Å². The van der Waals surface area contributed by atoms with Crippen LogP contribution in [0.1, 0.15) is 31.7 Å². The highest BCUT2D eigenvalue weighted by molar-refractivity contribution is 5.81. The van der Waals surface area contributed by atoms with E-state index >= 15 is 0 Å². The van der Waals surface area contributed by atoms with Crippen LogP contribution < -0.4 is 5.32 Å². The molecule has 0 aliphatic carbocycles. The fraction of sp³-hybridized carbons (Fsp3) is 0.400. The Labute approximate surface area is 207 Å². The van der Waals surface area contributed by atoms with Crippen LogP contribution in [0, 0.1) is 0 Å². The summed E-state index contributed by atoms with van der Waals surface area (Å²) in [6.45, 7) is 4.19. The summed E-state index contributed by atoms with van der Waals surface area (Å²) >= 11 is 0. The van der Waals surface area contributed by atoms with E-state index in [0.717, 1.165) is 47.2 Å². The largest absolute Gasteiger partial charge is 0.345 e. The normalized spacial score (nSPS) is 14.6. The molecule has 5 rings (SSSR count). The first kappa shape index (κ1) is 24.1. The summed E-state index contributed by atoms with van der Waals surface area (Å²) < 4.78 is 30.8. The average molecular weight is 495 g/mol. The lowest BCUT2D eigenvalue weighted by molar-refractivity contribution is -0.195. The summed E-state index contributed by atoms with van der Waals surface area (Å²) in [6.07, 6.45) is 7.90. The fourth-order valence-electron chi connectivity index (χ4n) is 4.15. The number of nitrogens with zero attached hydrogens (tertiary/aromatic N) is 7. The molecule has 4 aromatic rings. The summed E-state index contributed by atoms with van der Waals surface area (Å²) in [5.74, 6) is 1.67. The van der Waals surface area contributed by atoms with Gasteiger partial charge in [-0.15, -0.1) is 5.10 Å². The summed E-state index contributed by atoms with van der Waals surface area (Å²) in [7, 11) is 0. The van der Waals surface area contributed by atoms with Gasteiger partial charge in [0.25, 0.3) is 0 Å². The molecule has 0 spiro atoms. The molecular weight excluding hydrogens is 466 g/mol. The number of pyridine rings is 2. The molecule has 0 atom stereocenters. The third-order valence-electron chi connectivity index (χ3n) is 6.18. The highest BCUT2D eigenvalue weighted by Crippen LogP contribution is 2.24. The van der Waals surface area contributed by atoms with Gasteiger partial charge in [-0.2, -0.15) is 19.0 Å². The molecule has 11 heteroatoms. The third kappa shape index (κ3) is 5.80. The molecule has 1 fully saturated rings. The average Bonchev–Trinajstić information content (AvgIpc) is 3.31. The van der Waals surface area contributed by atoms with E-state index in [2.05, 4.69) is 49.1 Å². The Bertz CT molecular complexity index is 1320. The maximum atomic E-state index is 12.2. The number of likely N-dealkylation sites (tertiary alicyclic amines) is 1. The Morgan fingerprint density at radius 3 is 2.69 bits per heavy atom. The first-order valence-corrected chi connectivity index (χ1v) is 12.0. The van der Waals surface area contributed by atoms with Gasteiger partial charge in [0.1, 0.15) is 5.82 Å². The Balaban J connectivity index is 1.21. The SMILES string of the molecule is CC(C)c1cnnc(Nc2ccc3ncc(-c4cnn(CCCN5CC(OC(F)F)C5)c4)cc3n2)c1. The number of aryl methyl sites for hydroxylation is 1. The molecule has 4 aromatic heterocycles. The van der Waals surface area contributed by atoms with E-state index in [1.54, 1.807) is 6.20 Å². The first-order valence-electron chi connectivity index (χ1n) is 12.0. The van der Waals surface area contributed by atoms with E-state index in [4.69, 9.17) is 4.98 Å². The second-order valence-corrected chi connectivity index (χ2v) is 9.24. The van der Waals surface area contributed by atoms with Gasteiger partial charge in [-0.05, 0) is 42.2 Å². The van der Waals surface area contributed by atoms with Gasteiger partial charge in [0.2, 0.25) is 0 Å². The zero-order chi connectivity index (χ0) is 25.1. The van der Waals surface area contributed by atoms with Crippen LogP contribution in [0.25, 0.3) is 22.2 Å². The topological polar surface area (TPSA) is 93.9 Å². The molecule has 1 saturated heterocycles. The zero-order valence-electron chi connectivity index (χ0n) is 20.2. The third-order valence-corrected chi connectivity index (χ3v) is 6.18. The zero-order valence-corrected chi connectivity index (χ0v) is 20.2. The maximum Gasteiger partial charge on any atom is 0.345 e. The van der Waals surface area contributed by atoms with Crippen LogP contribution in [0.5, 0.6) is 0 Å². The molecule has 36 heavy (non-hydrogen) atoms. The van der Waals surface area contributed by atoms with Crippen LogP contribution in [-0.2, 0) is 11.3 Å². The fourth-order valence-corrected chi connectivity index (χ4v) is 4.15. The molecule has 1 aliphatic rings. The lowest BCUT2D eigenvalue weighted by atomic mass is 10.1. The van der Waals surface area contributed by atoms with E-state index in [1.165, 1.54) is 0 Å². The van der Waals surface area contributed by atoms with Crippen molar-refractivity contribution in [3.05, 3.63) is 54.6 Å². The van der Waals surface area contributed by atoms with Gasteiger partial charge < -0.3 is 10.1 Å². The monoisotopic (exact) mass is 494 g/mol. The van der Waals surface area contributed by atoms with Crippen LogP contribution in [-0.4, -0.2) is 67.2 Å². The smallest absolute Gasteiger partial charge is 0.323 e. The summed E-state index contributed by atoms with van der Waals surface area (Å²) in [5.41, 5.74) is 4.53. The van der Waals surface area contributed by atoms with E-state index in [-0.39, 0.29) is 6.10 Å². The summed E-state index contributed by atoms with van der Waals surface area (Å²) in [4.78, 5) is 11.4. The van der Waals surface area contributed by atoms with E-state index < -0.39 is 6.61 Å². The molecule has 0 bridgehead atoms. The number of hydrogen-bond acceptors (Lipinski definition) is 8. The molecule has 0 radical (unpaired) electrons. The van der Waals surface area contributed by atoms with Crippen molar-refractivity contribution >= 4 is 22.7 Å². The maximum absolute atomic E-state index is 12.2. The van der Waals surface area contributed by atoms with E-state index in [0.29, 0.717) is 30.6 Å². The van der Waals surface area contributed by atoms with E-state index in [1.807, 2.05) is 47.5 Å². The number of rotatable bonds is 10. The number of fused-ring (bicyclic) bond motifs is 1. The van der Waals surface area contributed by atoms with Gasteiger partial charge in [0, 0.05) is 49.7 Å². The quantitative estimate of drug-likeness (QED) is 0.345. The minimum atomic E-state index is -2.70. The standard InChI is InChI=1S/C25H28F2N8O/c1-16(2)17-9-24(33-29-11-17)32-23-5-4-21-22(31-23)8-18(10-28-21)19-12-30-35(13-19)7-3-6-34-14-20(15-34)36-25(26)27/h4-5,8-13,16,20,25H,3,6-7,14-15H2,1-2H3,(H,31,32,33). The molecule has 1 aliphatic heterocycles. The van der Waals surface area contributed by atoms with Crippen molar-refractivity contribution in [2.45, 2.75) is 45.4 Å². The van der Waals surface area contributed by atoms with Crippen LogP contribution in [0.15, 0.2) is 49.1 Å². The lowest BCUT2D eigenvalue weighted by Gasteiger charge is -2.38. The Kier molecular flexibility index (Phi) is 7.10. The van der Waals surface area contributed by atoms with Crippen molar-refractivity contribution in [2.75, 3.05) is 25.0 Å². The highest BCUT2D eigenvalue weighted by Gasteiger charge is 2.29. The second kappa shape index (κ2) is 10.6. The van der Waals surface area contributed by atoms with Crippen molar-refractivity contribution in [2.24, 2.45) is 0 Å². The van der Waals surface area contributed by atoms with Crippen LogP contribution in [0.4, 0.5) is 20.4 Å². The number of ether oxygens (including phenoxy) is 1. The first-order chi connectivity index (χ1) is 17.4. The van der Waals surface area contributed by atoms with Crippen LogP contribution >= 0.6 is 0 Å². The van der Waals surface area contributed by atoms with Crippen molar-refractivity contribution < 1.29 is 13.5 Å². The van der Waals surface area contributed by atoms with Gasteiger partial charge >= 0.3 is 6.61 Å². The number of alkyl halides is 2. The van der Waals surface area contributed by atoms with Crippen molar-refractivity contribution in [1.29, 1.82) is 0 Å². The lowest BCUT2D eigenvalue weighted by Crippen LogP contribution is -2.52. The molecular formula is C25H28F2N8O. The van der Waals surface area contributed by atoms with Crippen molar-refractivity contribution in [3.63, 3.8) is 0 Å². The predicted molar refractivity (Wildman–Crippen MR) is 132 cm³/mol. The van der Waals surface area contributed by atoms with Gasteiger partial charge in [0.15, 0.2) is 5.82 Å².